The van der Waals surface area contributed by atoms with Crippen molar-refractivity contribution >= 4 is 5.69 Å². The number of ether oxygens (including phenoxy) is 1. The Labute approximate surface area is 85.0 Å². The van der Waals surface area contributed by atoms with E-state index in [9.17, 15) is 0 Å². The molecule has 0 aliphatic carbocycles. The van der Waals surface area contributed by atoms with Crippen LogP contribution in [0.3, 0.4) is 0 Å². The fraction of sp³-hybridized carbons (Fsp3) is 0.700. The molecule has 1 rings (SSSR count). The molecule has 14 heavy (non-hydrogen) atoms. The number of aromatic nitrogens is 2. The predicted octanol–water partition coefficient (Wildman–Crippen LogP) is 1.74. The number of nitrogens with two attached hydrogens (primary N) is 1. The summed E-state index contributed by atoms with van der Waals surface area (Å²) < 4.78 is 7.24. The van der Waals surface area contributed by atoms with Crippen LogP contribution in [0.5, 0.6) is 5.88 Å². The van der Waals surface area contributed by atoms with Gasteiger partial charge in [-0.05, 0) is 12.8 Å². The summed E-state index contributed by atoms with van der Waals surface area (Å²) in [7, 11) is 1.86. The Morgan fingerprint density at radius 1 is 1.36 bits per heavy atom. The molecule has 0 radical (unpaired) electrons. The van der Waals surface area contributed by atoms with Gasteiger partial charge >= 0.3 is 0 Å². The zero-order valence-corrected chi connectivity index (χ0v) is 9.21. The summed E-state index contributed by atoms with van der Waals surface area (Å²) in [4.78, 5) is 0. The van der Waals surface area contributed by atoms with Crippen LogP contribution in [-0.2, 0) is 13.5 Å². The summed E-state index contributed by atoms with van der Waals surface area (Å²) in [5.41, 5.74) is 7.57. The van der Waals surface area contributed by atoms with E-state index >= 15 is 0 Å². The van der Waals surface area contributed by atoms with Crippen LogP contribution in [0.2, 0.25) is 0 Å². The van der Waals surface area contributed by atoms with Gasteiger partial charge in [-0.15, -0.1) is 0 Å². The van der Waals surface area contributed by atoms with Gasteiger partial charge in [0.1, 0.15) is 5.69 Å². The van der Waals surface area contributed by atoms with Crippen LogP contribution < -0.4 is 10.5 Å². The molecule has 4 nitrogen and oxygen atoms in total. The van der Waals surface area contributed by atoms with Gasteiger partial charge in [-0.2, -0.15) is 5.10 Å². The van der Waals surface area contributed by atoms with Gasteiger partial charge in [0.25, 0.3) is 0 Å². The van der Waals surface area contributed by atoms with E-state index in [4.69, 9.17) is 10.5 Å². The molecular formula is C10H19N3O. The zero-order valence-electron chi connectivity index (χ0n) is 9.21. The molecule has 0 bridgehead atoms. The number of rotatable bonds is 5. The van der Waals surface area contributed by atoms with Crippen molar-refractivity contribution in [1.82, 2.24) is 9.78 Å². The molecular weight excluding hydrogens is 178 g/mol. The first-order valence-corrected chi connectivity index (χ1v) is 5.14. The standard InChI is InChI=1S/C10H19N3O/c1-4-6-8-9(11)10(13(3)12-8)14-7-5-2/h4-7,11H2,1-3H3. The molecule has 4 heteroatoms. The Balaban J connectivity index is 2.81. The number of aryl methyl sites for hydroxylation is 2. The number of hydrogen-bond acceptors (Lipinski definition) is 3. The van der Waals surface area contributed by atoms with Crippen molar-refractivity contribution in [3.05, 3.63) is 5.69 Å². The fourth-order valence-corrected chi connectivity index (χ4v) is 1.37. The topological polar surface area (TPSA) is 53.1 Å². The minimum atomic E-state index is 0.690. The van der Waals surface area contributed by atoms with Crippen molar-refractivity contribution in [2.45, 2.75) is 33.1 Å². The highest BCUT2D eigenvalue weighted by molar-refractivity contribution is 5.53. The largest absolute Gasteiger partial charge is 0.476 e. The molecule has 0 atom stereocenters. The van der Waals surface area contributed by atoms with Crippen molar-refractivity contribution in [3.8, 4) is 5.88 Å². The van der Waals surface area contributed by atoms with Gasteiger partial charge < -0.3 is 10.5 Å². The summed E-state index contributed by atoms with van der Waals surface area (Å²) in [5.74, 6) is 0.704. The summed E-state index contributed by atoms with van der Waals surface area (Å²) in [6, 6.07) is 0. The normalized spacial score (nSPS) is 10.5. The van der Waals surface area contributed by atoms with Crippen LogP contribution in [0.15, 0.2) is 0 Å². The maximum absolute atomic E-state index is 5.92. The third-order valence-electron chi connectivity index (χ3n) is 2.04. The van der Waals surface area contributed by atoms with E-state index < -0.39 is 0 Å². The van der Waals surface area contributed by atoms with E-state index in [-0.39, 0.29) is 0 Å². The highest BCUT2D eigenvalue weighted by atomic mass is 16.5. The lowest BCUT2D eigenvalue weighted by Crippen LogP contribution is -2.02. The summed E-state index contributed by atoms with van der Waals surface area (Å²) in [5, 5.41) is 4.32. The van der Waals surface area contributed by atoms with Gasteiger partial charge in [0.15, 0.2) is 0 Å². The van der Waals surface area contributed by atoms with Gasteiger partial charge in [-0.1, -0.05) is 20.3 Å². The monoisotopic (exact) mass is 197 g/mol. The minimum absolute atomic E-state index is 0.690. The number of hydrogen-bond donors (Lipinski definition) is 1. The lowest BCUT2D eigenvalue weighted by Gasteiger charge is -2.04. The van der Waals surface area contributed by atoms with E-state index in [0.717, 1.165) is 25.0 Å². The zero-order chi connectivity index (χ0) is 10.6. The first-order chi connectivity index (χ1) is 6.70. The summed E-state index contributed by atoms with van der Waals surface area (Å²) in [6.45, 7) is 4.87. The molecule has 1 aromatic heterocycles. The van der Waals surface area contributed by atoms with E-state index in [1.807, 2.05) is 7.05 Å². The number of nitrogens with zero attached hydrogens (tertiary/aromatic N) is 2. The average molecular weight is 197 g/mol. The molecule has 1 aromatic rings. The molecule has 0 aliphatic rings. The van der Waals surface area contributed by atoms with Crippen molar-refractivity contribution in [2.75, 3.05) is 12.3 Å². The molecule has 0 spiro atoms. The maximum atomic E-state index is 5.92. The molecule has 1 heterocycles. The molecule has 0 aromatic carbocycles. The fourth-order valence-electron chi connectivity index (χ4n) is 1.37. The Bertz CT molecular complexity index is 294. The van der Waals surface area contributed by atoms with Gasteiger partial charge in [0.2, 0.25) is 5.88 Å². The quantitative estimate of drug-likeness (QED) is 0.782. The second kappa shape index (κ2) is 4.88. The van der Waals surface area contributed by atoms with Crippen molar-refractivity contribution in [3.63, 3.8) is 0 Å². The minimum Gasteiger partial charge on any atom is -0.476 e. The lowest BCUT2D eigenvalue weighted by atomic mass is 10.2. The smallest absolute Gasteiger partial charge is 0.235 e. The highest BCUT2D eigenvalue weighted by Gasteiger charge is 2.13. The van der Waals surface area contributed by atoms with Crippen molar-refractivity contribution < 1.29 is 4.74 Å². The van der Waals surface area contributed by atoms with Crippen LogP contribution in [0.25, 0.3) is 0 Å². The average Bonchev–Trinajstić information content (AvgIpc) is 2.41. The Morgan fingerprint density at radius 2 is 2.07 bits per heavy atom. The molecule has 80 valence electrons. The Kier molecular flexibility index (Phi) is 3.80. The van der Waals surface area contributed by atoms with E-state index in [0.29, 0.717) is 18.2 Å². The molecule has 0 amide bonds. The second-order valence-corrected chi connectivity index (χ2v) is 3.39. The van der Waals surface area contributed by atoms with Crippen molar-refractivity contribution in [1.29, 1.82) is 0 Å². The highest BCUT2D eigenvalue weighted by Crippen LogP contribution is 2.25. The van der Waals surface area contributed by atoms with Gasteiger partial charge in [0.05, 0.1) is 12.3 Å². The molecule has 0 saturated heterocycles. The third kappa shape index (κ3) is 2.19. The number of nitrogen functional groups attached to an aromatic ring is 1. The first kappa shape index (κ1) is 10.9. The van der Waals surface area contributed by atoms with Gasteiger partial charge in [-0.25, -0.2) is 4.68 Å². The van der Waals surface area contributed by atoms with Gasteiger partial charge in [0, 0.05) is 7.05 Å². The van der Waals surface area contributed by atoms with E-state index in [1.165, 1.54) is 0 Å². The Hall–Kier alpha value is -1.19. The molecule has 0 aliphatic heterocycles. The number of anilines is 1. The van der Waals surface area contributed by atoms with E-state index in [1.54, 1.807) is 4.68 Å². The molecule has 0 saturated carbocycles. The van der Waals surface area contributed by atoms with Crippen molar-refractivity contribution in [2.24, 2.45) is 7.05 Å². The summed E-state index contributed by atoms with van der Waals surface area (Å²) in [6.07, 6.45) is 2.94. The van der Waals surface area contributed by atoms with Crippen LogP contribution in [0.1, 0.15) is 32.4 Å². The van der Waals surface area contributed by atoms with Crippen LogP contribution >= 0.6 is 0 Å². The lowest BCUT2D eigenvalue weighted by molar-refractivity contribution is 0.291. The predicted molar refractivity (Wildman–Crippen MR) is 57.4 cm³/mol. The third-order valence-corrected chi connectivity index (χ3v) is 2.04. The molecule has 2 N–H and O–H groups in total. The maximum Gasteiger partial charge on any atom is 0.235 e. The summed E-state index contributed by atoms with van der Waals surface area (Å²) >= 11 is 0. The van der Waals surface area contributed by atoms with Crippen LogP contribution in [0, 0.1) is 0 Å². The Morgan fingerprint density at radius 3 is 2.64 bits per heavy atom. The van der Waals surface area contributed by atoms with Gasteiger partial charge in [-0.3, -0.25) is 0 Å². The van der Waals surface area contributed by atoms with Crippen LogP contribution in [0.4, 0.5) is 5.69 Å². The molecule has 0 fully saturated rings. The SMILES string of the molecule is CCCOc1c(N)c(CCC)nn1C. The first-order valence-electron chi connectivity index (χ1n) is 5.14. The van der Waals surface area contributed by atoms with E-state index in [2.05, 4.69) is 18.9 Å². The second-order valence-electron chi connectivity index (χ2n) is 3.39. The molecule has 0 unspecified atom stereocenters. The van der Waals surface area contributed by atoms with Crippen LogP contribution in [-0.4, -0.2) is 16.4 Å².